The molecule has 29 heavy (non-hydrogen) atoms. The van der Waals surface area contributed by atoms with Crippen LogP contribution in [0.3, 0.4) is 0 Å². The number of carbonyl (C=O) groups excluding carboxylic acids is 1. The molecule has 1 aliphatic heterocycles. The van der Waals surface area contributed by atoms with Crippen molar-refractivity contribution in [1.82, 2.24) is 25.2 Å². The molecule has 6 heteroatoms. The molecule has 3 heterocycles. The van der Waals surface area contributed by atoms with E-state index in [1.165, 1.54) is 0 Å². The minimum atomic E-state index is -0.0342. The van der Waals surface area contributed by atoms with Gasteiger partial charge >= 0.3 is 0 Å². The van der Waals surface area contributed by atoms with Crippen molar-refractivity contribution in [1.29, 1.82) is 0 Å². The van der Waals surface area contributed by atoms with E-state index in [0.717, 1.165) is 65.6 Å². The van der Waals surface area contributed by atoms with Gasteiger partial charge in [0.05, 0.1) is 16.8 Å². The van der Waals surface area contributed by atoms with Crippen LogP contribution in [0.1, 0.15) is 41.4 Å². The number of hydrogen-bond donors (Lipinski definition) is 1. The predicted molar refractivity (Wildman–Crippen MR) is 115 cm³/mol. The minimum Gasteiger partial charge on any atom is -0.349 e. The monoisotopic (exact) mass is 387 g/mol. The third-order valence-corrected chi connectivity index (χ3v) is 5.89. The number of aromatic nitrogens is 3. The van der Waals surface area contributed by atoms with E-state index in [-0.39, 0.29) is 13.4 Å². The Kier molecular flexibility index (Phi) is 4.56. The second-order valence-electron chi connectivity index (χ2n) is 7.89. The normalized spacial score (nSPS) is 17.2. The first-order valence-corrected chi connectivity index (χ1v) is 10.1. The first kappa shape index (κ1) is 17.9. The summed E-state index contributed by atoms with van der Waals surface area (Å²) >= 11 is 0. The Morgan fingerprint density at radius 3 is 2.90 bits per heavy atom. The molecular formula is C23H25N5O. The van der Waals surface area contributed by atoms with Crippen LogP contribution in [0.2, 0.25) is 0 Å². The molecule has 1 N–H and O–H groups in total. The maximum absolute atomic E-state index is 12.8. The van der Waals surface area contributed by atoms with Crippen LogP contribution in [0.15, 0.2) is 49.1 Å². The topological polar surface area (TPSA) is 71.0 Å². The number of fused-ring (bicyclic) bond motifs is 2. The number of rotatable bonds is 3. The van der Waals surface area contributed by atoms with Crippen LogP contribution in [0.25, 0.3) is 16.5 Å². The third kappa shape index (κ3) is 3.51. The number of nitrogens with zero attached hydrogens (tertiary/aromatic N) is 4. The summed E-state index contributed by atoms with van der Waals surface area (Å²) in [7, 11) is 2.12. The van der Waals surface area contributed by atoms with Crippen molar-refractivity contribution >= 4 is 22.4 Å². The number of hydrogen-bond acceptors (Lipinski definition) is 5. The van der Waals surface area contributed by atoms with Crippen LogP contribution in [0.4, 0.5) is 0 Å². The molecular weight excluding hydrogens is 362 g/mol. The first-order chi connectivity index (χ1) is 14.2. The van der Waals surface area contributed by atoms with E-state index in [1.807, 2.05) is 18.3 Å². The molecule has 0 bridgehead atoms. The molecule has 5 rings (SSSR count). The number of pyridine rings is 1. The summed E-state index contributed by atoms with van der Waals surface area (Å²) in [6, 6.07) is 8.40. The molecule has 1 aromatic carbocycles. The number of amides is 1. The highest BCUT2D eigenvalue weighted by molar-refractivity contribution is 5.97. The maximum atomic E-state index is 12.8. The zero-order chi connectivity index (χ0) is 19.8. The van der Waals surface area contributed by atoms with Crippen molar-refractivity contribution in [2.75, 3.05) is 20.1 Å². The minimum absolute atomic E-state index is 0. The lowest BCUT2D eigenvalue weighted by Gasteiger charge is -2.29. The van der Waals surface area contributed by atoms with Gasteiger partial charge in [-0.25, -0.2) is 9.97 Å². The lowest BCUT2D eigenvalue weighted by atomic mass is 9.98. The van der Waals surface area contributed by atoms with Gasteiger partial charge in [-0.3, -0.25) is 9.78 Å². The standard InChI is InChI=1S/C23H23N5O.H2/c1-28-8-6-18(7-9-28)27-23(29)17-11-20-19(3-5-22(20)25-13-17)15-2-4-21-16(10-15)12-24-14-26-21;/h2-4,10-14,18H,5-9H2,1H3,(H,27,29);1H. The highest BCUT2D eigenvalue weighted by Gasteiger charge is 2.22. The van der Waals surface area contributed by atoms with Gasteiger partial charge in [0.15, 0.2) is 0 Å². The van der Waals surface area contributed by atoms with Crippen molar-refractivity contribution in [3.63, 3.8) is 0 Å². The molecule has 1 fully saturated rings. The second-order valence-corrected chi connectivity index (χ2v) is 7.89. The van der Waals surface area contributed by atoms with Crippen LogP contribution in [-0.4, -0.2) is 51.9 Å². The molecule has 0 atom stereocenters. The van der Waals surface area contributed by atoms with Crippen LogP contribution < -0.4 is 5.32 Å². The zero-order valence-corrected chi connectivity index (χ0v) is 16.4. The van der Waals surface area contributed by atoms with Gasteiger partial charge in [0.25, 0.3) is 5.91 Å². The molecule has 2 aromatic heterocycles. The fourth-order valence-electron chi connectivity index (χ4n) is 4.17. The summed E-state index contributed by atoms with van der Waals surface area (Å²) in [5.74, 6) is -0.0342. The summed E-state index contributed by atoms with van der Waals surface area (Å²) in [5.41, 5.74) is 5.82. The van der Waals surface area contributed by atoms with Crippen LogP contribution in [-0.2, 0) is 6.42 Å². The molecule has 3 aromatic rings. The van der Waals surface area contributed by atoms with E-state index in [2.05, 4.69) is 50.4 Å². The molecule has 0 saturated carbocycles. The molecule has 0 unspecified atom stereocenters. The molecule has 0 radical (unpaired) electrons. The molecule has 2 aliphatic rings. The van der Waals surface area contributed by atoms with E-state index >= 15 is 0 Å². The summed E-state index contributed by atoms with van der Waals surface area (Å²) in [6.07, 6.45) is 10.0. The van der Waals surface area contributed by atoms with Gasteiger partial charge in [0, 0.05) is 37.2 Å². The number of benzene rings is 1. The Labute approximate surface area is 171 Å². The molecule has 1 saturated heterocycles. The largest absolute Gasteiger partial charge is 0.349 e. The Balaban J connectivity index is 0.00000218. The number of allylic oxidation sites excluding steroid dienone is 1. The van der Waals surface area contributed by atoms with Gasteiger partial charge in [-0.1, -0.05) is 12.1 Å². The predicted octanol–water partition coefficient (Wildman–Crippen LogP) is 3.08. The van der Waals surface area contributed by atoms with Crippen LogP contribution in [0, 0.1) is 0 Å². The van der Waals surface area contributed by atoms with Crippen LogP contribution >= 0.6 is 0 Å². The Morgan fingerprint density at radius 1 is 1.17 bits per heavy atom. The fraction of sp³-hybridized carbons (Fsp3) is 0.304. The maximum Gasteiger partial charge on any atom is 0.253 e. The van der Waals surface area contributed by atoms with Gasteiger partial charge in [0.1, 0.15) is 6.33 Å². The van der Waals surface area contributed by atoms with Gasteiger partial charge in [-0.05, 0) is 62.3 Å². The Hall–Kier alpha value is -3.12. The van der Waals surface area contributed by atoms with Crippen molar-refractivity contribution in [3.05, 3.63) is 71.4 Å². The van der Waals surface area contributed by atoms with E-state index in [9.17, 15) is 4.79 Å². The molecule has 148 valence electrons. The number of carbonyl (C=O) groups is 1. The highest BCUT2D eigenvalue weighted by Crippen LogP contribution is 2.33. The van der Waals surface area contributed by atoms with E-state index < -0.39 is 0 Å². The van der Waals surface area contributed by atoms with Gasteiger partial charge in [0.2, 0.25) is 0 Å². The van der Waals surface area contributed by atoms with Crippen molar-refractivity contribution in [2.24, 2.45) is 0 Å². The highest BCUT2D eigenvalue weighted by atomic mass is 16.1. The summed E-state index contributed by atoms with van der Waals surface area (Å²) in [4.78, 5) is 28.1. The van der Waals surface area contributed by atoms with Crippen molar-refractivity contribution in [2.45, 2.75) is 25.3 Å². The first-order valence-electron chi connectivity index (χ1n) is 10.1. The smallest absolute Gasteiger partial charge is 0.253 e. The Morgan fingerprint density at radius 2 is 2.03 bits per heavy atom. The number of nitrogens with one attached hydrogen (secondary N) is 1. The summed E-state index contributed by atoms with van der Waals surface area (Å²) < 4.78 is 0. The fourth-order valence-corrected chi connectivity index (χ4v) is 4.17. The molecule has 0 spiro atoms. The van der Waals surface area contributed by atoms with Crippen molar-refractivity contribution in [3.8, 4) is 0 Å². The number of likely N-dealkylation sites (tertiary alicyclic amines) is 1. The van der Waals surface area contributed by atoms with Crippen molar-refractivity contribution < 1.29 is 6.22 Å². The summed E-state index contributed by atoms with van der Waals surface area (Å²) in [6.45, 7) is 2.04. The lowest BCUT2D eigenvalue weighted by Crippen LogP contribution is -2.43. The molecule has 1 amide bonds. The molecule has 6 nitrogen and oxygen atoms in total. The molecule has 1 aliphatic carbocycles. The lowest BCUT2D eigenvalue weighted by molar-refractivity contribution is 0.0916. The second kappa shape index (κ2) is 7.37. The summed E-state index contributed by atoms with van der Waals surface area (Å²) in [5, 5.41) is 4.19. The number of piperidine rings is 1. The van der Waals surface area contributed by atoms with E-state index in [1.54, 1.807) is 12.5 Å². The van der Waals surface area contributed by atoms with E-state index in [4.69, 9.17) is 0 Å². The van der Waals surface area contributed by atoms with Gasteiger partial charge in [-0.2, -0.15) is 0 Å². The van der Waals surface area contributed by atoms with E-state index in [0.29, 0.717) is 5.56 Å². The quantitative estimate of drug-likeness (QED) is 0.748. The average molecular weight is 387 g/mol. The third-order valence-electron chi connectivity index (χ3n) is 5.89. The van der Waals surface area contributed by atoms with Gasteiger partial charge < -0.3 is 10.2 Å². The zero-order valence-electron chi connectivity index (χ0n) is 16.4. The Bertz CT molecular complexity index is 1120. The SMILES string of the molecule is CN1CCC(NC(=O)c2cnc3c(c2)C(c2ccc4ncncc4c2)=CC3)CC1.[HH]. The van der Waals surface area contributed by atoms with Crippen LogP contribution in [0.5, 0.6) is 0 Å². The van der Waals surface area contributed by atoms with Gasteiger partial charge in [-0.15, -0.1) is 0 Å². The average Bonchev–Trinajstić information content (AvgIpc) is 3.18.